The molecule has 0 bridgehead atoms. The summed E-state index contributed by atoms with van der Waals surface area (Å²) in [7, 11) is 0. The smallest absolute Gasteiger partial charge is 0.0111 e. The van der Waals surface area contributed by atoms with E-state index in [0.717, 1.165) is 18.3 Å². The summed E-state index contributed by atoms with van der Waals surface area (Å²) in [6.07, 6.45) is 7.19. The molecular formula is C12H25NS. The van der Waals surface area contributed by atoms with Crippen molar-refractivity contribution in [3.8, 4) is 0 Å². The van der Waals surface area contributed by atoms with Crippen molar-refractivity contribution in [2.45, 2.75) is 45.6 Å². The zero-order valence-electron chi connectivity index (χ0n) is 9.72. The van der Waals surface area contributed by atoms with E-state index in [0.29, 0.717) is 0 Å². The molecule has 0 fully saturated rings. The Bertz CT molecular complexity index is 119. The van der Waals surface area contributed by atoms with Crippen molar-refractivity contribution in [3.05, 3.63) is 12.7 Å². The molecule has 0 aromatic rings. The van der Waals surface area contributed by atoms with E-state index in [1.165, 1.54) is 31.4 Å². The first-order chi connectivity index (χ1) is 6.85. The van der Waals surface area contributed by atoms with Crippen LogP contribution in [0.5, 0.6) is 0 Å². The highest BCUT2D eigenvalue weighted by Crippen LogP contribution is 2.05. The Morgan fingerprint density at radius 3 is 2.43 bits per heavy atom. The lowest BCUT2D eigenvalue weighted by atomic mass is 10.1. The van der Waals surface area contributed by atoms with Crippen LogP contribution >= 0.6 is 11.8 Å². The predicted octanol–water partition coefficient (Wildman–Crippen LogP) is 3.46. The third kappa shape index (κ3) is 8.64. The topological polar surface area (TPSA) is 12.0 Å². The van der Waals surface area contributed by atoms with Crippen molar-refractivity contribution < 1.29 is 0 Å². The minimum absolute atomic E-state index is 0.745. The van der Waals surface area contributed by atoms with Gasteiger partial charge in [-0.15, -0.1) is 6.58 Å². The summed E-state index contributed by atoms with van der Waals surface area (Å²) in [5.74, 6) is 2.28. The summed E-state index contributed by atoms with van der Waals surface area (Å²) < 4.78 is 0. The highest BCUT2D eigenvalue weighted by Gasteiger charge is 2.04. The Morgan fingerprint density at radius 2 is 1.93 bits per heavy atom. The van der Waals surface area contributed by atoms with Crippen molar-refractivity contribution in [2.75, 3.05) is 18.1 Å². The molecule has 14 heavy (non-hydrogen) atoms. The molecule has 0 aliphatic rings. The summed E-state index contributed by atoms with van der Waals surface area (Å²) in [6.45, 7) is 9.37. The standard InChI is InChI=1S/C12H25NS/c1-4-7-12(8-5-2)13-9-11-14-10-6-3/h6,12-13H,3-5,7-11H2,1-2H3. The zero-order chi connectivity index (χ0) is 10.6. The third-order valence-electron chi connectivity index (χ3n) is 2.19. The Hall–Kier alpha value is 0.0500. The average molecular weight is 215 g/mol. The Morgan fingerprint density at radius 1 is 1.29 bits per heavy atom. The number of hydrogen-bond acceptors (Lipinski definition) is 2. The van der Waals surface area contributed by atoms with Crippen molar-refractivity contribution in [2.24, 2.45) is 0 Å². The Balaban J connectivity index is 3.34. The maximum absolute atomic E-state index is 3.71. The maximum atomic E-state index is 3.71. The summed E-state index contributed by atoms with van der Waals surface area (Å²) in [5, 5.41) is 3.63. The van der Waals surface area contributed by atoms with Gasteiger partial charge in [0.2, 0.25) is 0 Å². The molecule has 0 saturated carbocycles. The summed E-state index contributed by atoms with van der Waals surface area (Å²) in [5.41, 5.74) is 0. The van der Waals surface area contributed by atoms with E-state index in [9.17, 15) is 0 Å². The van der Waals surface area contributed by atoms with Crippen molar-refractivity contribution in [1.82, 2.24) is 5.32 Å². The van der Waals surface area contributed by atoms with Crippen LogP contribution in [-0.4, -0.2) is 24.1 Å². The fourth-order valence-electron chi connectivity index (χ4n) is 1.55. The highest BCUT2D eigenvalue weighted by atomic mass is 32.2. The van der Waals surface area contributed by atoms with E-state index in [1.807, 2.05) is 17.8 Å². The van der Waals surface area contributed by atoms with Gasteiger partial charge in [0.15, 0.2) is 0 Å². The van der Waals surface area contributed by atoms with E-state index in [-0.39, 0.29) is 0 Å². The molecule has 0 amide bonds. The van der Waals surface area contributed by atoms with Crippen molar-refractivity contribution >= 4 is 11.8 Å². The molecule has 0 radical (unpaired) electrons. The van der Waals surface area contributed by atoms with Gasteiger partial charge in [-0.1, -0.05) is 32.8 Å². The maximum Gasteiger partial charge on any atom is 0.0111 e. The quantitative estimate of drug-likeness (QED) is 0.442. The molecule has 0 saturated heterocycles. The second-order valence-corrected chi connectivity index (χ2v) is 4.74. The normalized spacial score (nSPS) is 10.8. The molecule has 0 aliphatic carbocycles. The minimum Gasteiger partial charge on any atom is -0.313 e. The zero-order valence-corrected chi connectivity index (χ0v) is 10.5. The van der Waals surface area contributed by atoms with Crippen LogP contribution in [0.3, 0.4) is 0 Å². The molecule has 0 aliphatic heterocycles. The van der Waals surface area contributed by atoms with Crippen molar-refractivity contribution in [1.29, 1.82) is 0 Å². The van der Waals surface area contributed by atoms with Gasteiger partial charge in [-0.05, 0) is 12.8 Å². The molecule has 84 valence electrons. The summed E-state index contributed by atoms with van der Waals surface area (Å²) in [6, 6.07) is 0.745. The summed E-state index contributed by atoms with van der Waals surface area (Å²) >= 11 is 1.95. The second kappa shape index (κ2) is 11.1. The fraction of sp³-hybridized carbons (Fsp3) is 0.833. The highest BCUT2D eigenvalue weighted by molar-refractivity contribution is 7.99. The van der Waals surface area contributed by atoms with Gasteiger partial charge in [-0.25, -0.2) is 0 Å². The van der Waals surface area contributed by atoms with E-state index in [1.54, 1.807) is 0 Å². The molecule has 0 unspecified atom stereocenters. The lowest BCUT2D eigenvalue weighted by Crippen LogP contribution is -2.30. The van der Waals surface area contributed by atoms with Crippen LogP contribution in [0.4, 0.5) is 0 Å². The largest absolute Gasteiger partial charge is 0.313 e. The molecule has 0 rings (SSSR count). The van der Waals surface area contributed by atoms with Crippen LogP contribution in [0, 0.1) is 0 Å². The van der Waals surface area contributed by atoms with Crippen LogP contribution < -0.4 is 5.32 Å². The van der Waals surface area contributed by atoms with Crippen LogP contribution in [0.1, 0.15) is 39.5 Å². The van der Waals surface area contributed by atoms with Gasteiger partial charge in [0.25, 0.3) is 0 Å². The van der Waals surface area contributed by atoms with E-state index in [2.05, 4.69) is 25.7 Å². The SMILES string of the molecule is C=CCSCCNC(CCC)CCC. The van der Waals surface area contributed by atoms with E-state index >= 15 is 0 Å². The van der Waals surface area contributed by atoms with Gasteiger partial charge in [-0.3, -0.25) is 0 Å². The molecule has 0 aromatic heterocycles. The second-order valence-electron chi connectivity index (χ2n) is 3.59. The lowest BCUT2D eigenvalue weighted by molar-refractivity contribution is 0.457. The lowest BCUT2D eigenvalue weighted by Gasteiger charge is -2.16. The fourth-order valence-corrected chi connectivity index (χ4v) is 2.14. The minimum atomic E-state index is 0.745. The average Bonchev–Trinajstić information content (AvgIpc) is 2.18. The van der Waals surface area contributed by atoms with Crippen LogP contribution in [0.2, 0.25) is 0 Å². The molecule has 1 N–H and O–H groups in total. The molecule has 1 nitrogen and oxygen atoms in total. The first-order valence-electron chi connectivity index (χ1n) is 5.77. The molecule has 0 atom stereocenters. The monoisotopic (exact) mass is 215 g/mol. The van der Waals surface area contributed by atoms with E-state index in [4.69, 9.17) is 0 Å². The number of nitrogens with one attached hydrogen (secondary N) is 1. The number of hydrogen-bond donors (Lipinski definition) is 1. The first-order valence-corrected chi connectivity index (χ1v) is 6.92. The predicted molar refractivity (Wildman–Crippen MR) is 69.1 cm³/mol. The van der Waals surface area contributed by atoms with Gasteiger partial charge >= 0.3 is 0 Å². The molecule has 0 spiro atoms. The van der Waals surface area contributed by atoms with Crippen molar-refractivity contribution in [3.63, 3.8) is 0 Å². The molecular weight excluding hydrogens is 190 g/mol. The summed E-state index contributed by atoms with van der Waals surface area (Å²) in [4.78, 5) is 0. The third-order valence-corrected chi connectivity index (χ3v) is 3.15. The van der Waals surface area contributed by atoms with Crippen LogP contribution in [0.25, 0.3) is 0 Å². The van der Waals surface area contributed by atoms with Gasteiger partial charge < -0.3 is 5.32 Å². The van der Waals surface area contributed by atoms with Gasteiger partial charge in [0.05, 0.1) is 0 Å². The van der Waals surface area contributed by atoms with Gasteiger partial charge in [0.1, 0.15) is 0 Å². The number of rotatable bonds is 10. The van der Waals surface area contributed by atoms with Gasteiger partial charge in [0, 0.05) is 24.1 Å². The molecule has 0 heterocycles. The molecule has 2 heteroatoms. The molecule has 0 aromatic carbocycles. The van der Waals surface area contributed by atoms with Gasteiger partial charge in [-0.2, -0.15) is 11.8 Å². The van der Waals surface area contributed by atoms with Crippen LogP contribution in [-0.2, 0) is 0 Å². The Kier molecular flexibility index (Phi) is 11.2. The number of thioether (sulfide) groups is 1. The van der Waals surface area contributed by atoms with E-state index < -0.39 is 0 Å². The first kappa shape index (κ1) is 14.1. The Labute approximate surface area is 93.7 Å². The van der Waals surface area contributed by atoms with Crippen LogP contribution in [0.15, 0.2) is 12.7 Å².